The predicted octanol–water partition coefficient (Wildman–Crippen LogP) is 5.95. The summed E-state index contributed by atoms with van der Waals surface area (Å²) >= 11 is 0. The van der Waals surface area contributed by atoms with E-state index in [1.54, 1.807) is 0 Å². The van der Waals surface area contributed by atoms with Gasteiger partial charge in [0.2, 0.25) is 0 Å². The van der Waals surface area contributed by atoms with Gasteiger partial charge >= 0.3 is 7.82 Å². The standard InChI is InChI=1S/C13H29O4P.C7H15N/c1-2-3-4-5-6-7-8-9-10-11-12-13-17-18(14,15)16;1-8-7-5-3-2-4-6-7/h2-13H2,1H3,(H2,14,15,16);7-8H,2-6H2,1H3. The largest absolute Gasteiger partial charge is 0.469 e. The van der Waals surface area contributed by atoms with Crippen molar-refractivity contribution in [1.29, 1.82) is 0 Å². The molecule has 3 N–H and O–H groups in total. The third-order valence-corrected chi connectivity index (χ3v) is 5.54. The van der Waals surface area contributed by atoms with Crippen LogP contribution in [-0.4, -0.2) is 29.5 Å². The molecule has 0 aromatic carbocycles. The molecule has 0 unspecified atom stereocenters. The zero-order chi connectivity index (χ0) is 19.5. The maximum atomic E-state index is 10.4. The SMILES string of the molecule is CCCCCCCCCCCCCOP(=O)(O)O.CNC1CCCCC1. The maximum absolute atomic E-state index is 10.4. The van der Waals surface area contributed by atoms with Crippen molar-refractivity contribution in [2.45, 2.75) is 116 Å². The van der Waals surface area contributed by atoms with E-state index >= 15 is 0 Å². The van der Waals surface area contributed by atoms with Gasteiger partial charge in [-0.1, -0.05) is 90.4 Å². The minimum Gasteiger partial charge on any atom is -0.317 e. The Bertz CT molecular complexity index is 330. The molecule has 0 aromatic rings. The predicted molar refractivity (Wildman–Crippen MR) is 110 cm³/mol. The summed E-state index contributed by atoms with van der Waals surface area (Å²) in [6.07, 6.45) is 20.6. The third kappa shape index (κ3) is 20.4. The van der Waals surface area contributed by atoms with Gasteiger partial charge in [-0.15, -0.1) is 0 Å². The lowest BCUT2D eigenvalue weighted by Crippen LogP contribution is -2.26. The number of hydrogen-bond acceptors (Lipinski definition) is 3. The van der Waals surface area contributed by atoms with Gasteiger partial charge in [0.05, 0.1) is 6.61 Å². The van der Waals surface area contributed by atoms with E-state index in [1.807, 2.05) is 0 Å². The molecule has 0 radical (unpaired) electrons. The summed E-state index contributed by atoms with van der Waals surface area (Å²) in [7, 11) is -2.18. The Morgan fingerprint density at radius 3 is 1.69 bits per heavy atom. The van der Waals surface area contributed by atoms with Crippen LogP contribution in [0.3, 0.4) is 0 Å². The molecule has 0 aromatic heterocycles. The van der Waals surface area contributed by atoms with Crippen LogP contribution in [0.25, 0.3) is 0 Å². The fourth-order valence-corrected chi connectivity index (χ4v) is 3.71. The molecule has 0 spiro atoms. The summed E-state index contributed by atoms with van der Waals surface area (Å²) in [5.74, 6) is 0. The maximum Gasteiger partial charge on any atom is 0.469 e. The molecule has 1 fully saturated rings. The Hall–Kier alpha value is 0.0700. The van der Waals surface area contributed by atoms with Crippen LogP contribution in [0.2, 0.25) is 0 Å². The molecule has 6 heteroatoms. The topological polar surface area (TPSA) is 78.8 Å². The molecule has 0 aliphatic heterocycles. The van der Waals surface area contributed by atoms with Crippen molar-refractivity contribution in [2.24, 2.45) is 0 Å². The molecule has 5 nitrogen and oxygen atoms in total. The minimum absolute atomic E-state index is 0.168. The molecule has 0 amide bonds. The first-order valence-corrected chi connectivity index (χ1v) is 12.4. The van der Waals surface area contributed by atoms with Gasteiger partial charge in [-0.25, -0.2) is 4.57 Å². The second kappa shape index (κ2) is 18.4. The lowest BCUT2D eigenvalue weighted by molar-refractivity contribution is 0.193. The van der Waals surface area contributed by atoms with E-state index in [1.165, 1.54) is 83.5 Å². The first-order chi connectivity index (χ1) is 12.5. The Morgan fingerprint density at radius 2 is 1.31 bits per heavy atom. The highest BCUT2D eigenvalue weighted by Crippen LogP contribution is 2.35. The molecule has 1 rings (SSSR count). The van der Waals surface area contributed by atoms with Gasteiger partial charge < -0.3 is 15.1 Å². The zero-order valence-corrected chi connectivity index (χ0v) is 18.2. The summed E-state index contributed by atoms with van der Waals surface area (Å²) in [4.78, 5) is 16.9. The second-order valence-corrected chi connectivity index (χ2v) is 8.72. The van der Waals surface area contributed by atoms with Crippen LogP contribution in [0.1, 0.15) is 110 Å². The van der Waals surface area contributed by atoms with Gasteiger partial charge in [-0.05, 0) is 26.3 Å². The van der Waals surface area contributed by atoms with Crippen molar-refractivity contribution in [2.75, 3.05) is 13.7 Å². The van der Waals surface area contributed by atoms with Gasteiger partial charge in [-0.3, -0.25) is 4.52 Å². The van der Waals surface area contributed by atoms with Crippen molar-refractivity contribution in [3.05, 3.63) is 0 Å². The van der Waals surface area contributed by atoms with E-state index in [0.717, 1.165) is 25.3 Å². The molecular formula is C20H44NO4P. The zero-order valence-electron chi connectivity index (χ0n) is 17.3. The molecule has 0 atom stereocenters. The van der Waals surface area contributed by atoms with Crippen LogP contribution in [0.4, 0.5) is 0 Å². The van der Waals surface area contributed by atoms with E-state index in [4.69, 9.17) is 9.79 Å². The molecule has 0 saturated heterocycles. The van der Waals surface area contributed by atoms with E-state index in [9.17, 15) is 4.57 Å². The Morgan fingerprint density at radius 1 is 0.846 bits per heavy atom. The van der Waals surface area contributed by atoms with Crippen molar-refractivity contribution >= 4 is 7.82 Å². The number of hydrogen-bond donors (Lipinski definition) is 3. The van der Waals surface area contributed by atoms with Crippen LogP contribution in [0, 0.1) is 0 Å². The summed E-state index contributed by atoms with van der Waals surface area (Å²) in [6, 6.07) is 0.837. The van der Waals surface area contributed by atoms with Gasteiger partial charge in [0.1, 0.15) is 0 Å². The fraction of sp³-hybridized carbons (Fsp3) is 1.00. The Balaban J connectivity index is 0.000000642. The van der Waals surface area contributed by atoms with Crippen molar-refractivity contribution < 1.29 is 18.9 Å². The highest BCUT2D eigenvalue weighted by atomic mass is 31.2. The average Bonchev–Trinajstić information content (AvgIpc) is 2.63. The highest BCUT2D eigenvalue weighted by molar-refractivity contribution is 7.46. The third-order valence-electron chi connectivity index (χ3n) is 5.02. The number of unbranched alkanes of at least 4 members (excludes halogenated alkanes) is 10. The van der Waals surface area contributed by atoms with Gasteiger partial charge in [-0.2, -0.15) is 0 Å². The number of nitrogens with one attached hydrogen (secondary N) is 1. The summed E-state index contributed by atoms with van der Waals surface area (Å²) < 4.78 is 14.8. The first-order valence-electron chi connectivity index (χ1n) is 10.9. The van der Waals surface area contributed by atoms with E-state index in [2.05, 4.69) is 23.8 Å². The number of phosphoric acid groups is 1. The molecule has 1 aliphatic rings. The lowest BCUT2D eigenvalue weighted by atomic mass is 9.96. The normalized spacial score (nSPS) is 15.5. The van der Waals surface area contributed by atoms with Crippen LogP contribution in [0.15, 0.2) is 0 Å². The number of rotatable bonds is 14. The first kappa shape index (κ1) is 26.1. The monoisotopic (exact) mass is 393 g/mol. The summed E-state index contributed by atoms with van der Waals surface area (Å²) in [5.41, 5.74) is 0. The van der Waals surface area contributed by atoms with Crippen LogP contribution in [0.5, 0.6) is 0 Å². The van der Waals surface area contributed by atoms with E-state index < -0.39 is 7.82 Å². The molecular weight excluding hydrogens is 349 g/mol. The van der Waals surface area contributed by atoms with Crippen LogP contribution in [-0.2, 0) is 9.09 Å². The molecule has 1 saturated carbocycles. The fourth-order valence-electron chi connectivity index (χ4n) is 3.34. The van der Waals surface area contributed by atoms with Gasteiger partial charge in [0.15, 0.2) is 0 Å². The molecule has 158 valence electrons. The number of phosphoric ester groups is 1. The van der Waals surface area contributed by atoms with Crippen LogP contribution < -0.4 is 5.32 Å². The van der Waals surface area contributed by atoms with E-state index in [0.29, 0.717) is 0 Å². The lowest BCUT2D eigenvalue weighted by Gasteiger charge is -2.20. The highest BCUT2D eigenvalue weighted by Gasteiger charge is 2.12. The Labute approximate surface area is 161 Å². The smallest absolute Gasteiger partial charge is 0.317 e. The molecule has 26 heavy (non-hydrogen) atoms. The second-order valence-electron chi connectivity index (χ2n) is 7.48. The molecule has 0 bridgehead atoms. The average molecular weight is 394 g/mol. The summed E-state index contributed by atoms with van der Waals surface area (Å²) in [6.45, 7) is 2.40. The van der Waals surface area contributed by atoms with Crippen molar-refractivity contribution in [1.82, 2.24) is 5.32 Å². The quantitative estimate of drug-likeness (QED) is 0.251. The van der Waals surface area contributed by atoms with Gasteiger partial charge in [0.25, 0.3) is 0 Å². The van der Waals surface area contributed by atoms with Crippen LogP contribution >= 0.6 is 7.82 Å². The summed E-state index contributed by atoms with van der Waals surface area (Å²) in [5, 5.41) is 3.30. The van der Waals surface area contributed by atoms with Gasteiger partial charge in [0, 0.05) is 6.04 Å². The minimum atomic E-state index is -4.25. The van der Waals surface area contributed by atoms with E-state index in [-0.39, 0.29) is 6.61 Å². The Kier molecular flexibility index (Phi) is 18.5. The van der Waals surface area contributed by atoms with Crippen molar-refractivity contribution in [3.63, 3.8) is 0 Å². The van der Waals surface area contributed by atoms with Crippen molar-refractivity contribution in [3.8, 4) is 0 Å². The molecule has 1 aliphatic carbocycles. The molecule has 0 heterocycles.